The van der Waals surface area contributed by atoms with Gasteiger partial charge >= 0.3 is 0 Å². The van der Waals surface area contributed by atoms with Crippen molar-refractivity contribution in [2.24, 2.45) is 5.84 Å². The Balaban J connectivity index is 2.59. The zero-order valence-electron chi connectivity index (χ0n) is 7.03. The van der Waals surface area contributed by atoms with E-state index in [1.165, 1.54) is 0 Å². The quantitative estimate of drug-likeness (QED) is 0.394. The molecule has 0 radical (unpaired) electrons. The zero-order valence-corrected chi connectivity index (χ0v) is 7.03. The van der Waals surface area contributed by atoms with E-state index in [1.54, 1.807) is 7.05 Å². The Hall–Kier alpha value is -1.35. The molecular weight excluding hydrogens is 152 g/mol. The monoisotopic (exact) mass is 164 g/mol. The van der Waals surface area contributed by atoms with Gasteiger partial charge in [0.1, 0.15) is 0 Å². The minimum Gasteiger partial charge on any atom is -0.284 e. The molecule has 0 heterocycles. The van der Waals surface area contributed by atoms with E-state index in [0.29, 0.717) is 6.42 Å². The summed E-state index contributed by atoms with van der Waals surface area (Å²) in [5.41, 5.74) is 0.986. The number of nitrogens with zero attached hydrogens (tertiary/aromatic N) is 1. The highest BCUT2D eigenvalue weighted by Crippen LogP contribution is 1.99. The minimum absolute atomic E-state index is 0.0822. The van der Waals surface area contributed by atoms with Crippen LogP contribution in [0.4, 0.5) is 0 Å². The number of benzene rings is 1. The standard InChI is InChI=1S/C9H12N2O/c1-11(10)9(12)7-8-5-3-2-4-6-8/h2-6H,7,10H2,1H3. The largest absolute Gasteiger partial charge is 0.284 e. The molecule has 0 aliphatic carbocycles. The van der Waals surface area contributed by atoms with Crippen LogP contribution in [0, 0.1) is 0 Å². The molecule has 0 aliphatic heterocycles. The predicted octanol–water partition coefficient (Wildman–Crippen LogP) is 0.561. The van der Waals surface area contributed by atoms with Crippen LogP contribution in [0.2, 0.25) is 0 Å². The summed E-state index contributed by atoms with van der Waals surface area (Å²) in [6.07, 6.45) is 0.369. The van der Waals surface area contributed by atoms with E-state index < -0.39 is 0 Å². The Morgan fingerprint density at radius 1 is 1.42 bits per heavy atom. The highest BCUT2D eigenvalue weighted by atomic mass is 16.2. The molecule has 0 unspecified atom stereocenters. The van der Waals surface area contributed by atoms with Crippen LogP contribution in [0.1, 0.15) is 5.56 Å². The first-order chi connectivity index (χ1) is 5.70. The lowest BCUT2D eigenvalue weighted by atomic mass is 10.1. The Morgan fingerprint density at radius 2 is 2.00 bits per heavy atom. The van der Waals surface area contributed by atoms with E-state index >= 15 is 0 Å². The highest BCUT2D eigenvalue weighted by molar-refractivity contribution is 5.77. The number of hydrogen-bond donors (Lipinski definition) is 1. The third kappa shape index (κ3) is 2.36. The summed E-state index contributed by atoms with van der Waals surface area (Å²) in [6, 6.07) is 9.53. The lowest BCUT2D eigenvalue weighted by Gasteiger charge is -2.08. The van der Waals surface area contributed by atoms with E-state index in [2.05, 4.69) is 0 Å². The number of nitrogens with two attached hydrogens (primary N) is 1. The van der Waals surface area contributed by atoms with Crippen molar-refractivity contribution < 1.29 is 4.79 Å². The third-order valence-corrected chi connectivity index (χ3v) is 1.59. The molecule has 1 rings (SSSR count). The fourth-order valence-corrected chi connectivity index (χ4v) is 0.895. The first-order valence-corrected chi connectivity index (χ1v) is 3.75. The number of carbonyl (C=O) groups is 1. The molecule has 0 bridgehead atoms. The summed E-state index contributed by atoms with van der Waals surface area (Å²) in [7, 11) is 1.55. The summed E-state index contributed by atoms with van der Waals surface area (Å²) < 4.78 is 0. The predicted molar refractivity (Wildman–Crippen MR) is 47.1 cm³/mol. The summed E-state index contributed by atoms with van der Waals surface area (Å²) in [4.78, 5) is 11.1. The number of likely N-dealkylation sites (N-methyl/N-ethyl adjacent to an activating group) is 1. The van der Waals surface area contributed by atoms with Crippen LogP contribution in [-0.4, -0.2) is 18.0 Å². The van der Waals surface area contributed by atoms with Crippen LogP contribution in [0.5, 0.6) is 0 Å². The van der Waals surface area contributed by atoms with Gasteiger partial charge in [-0.05, 0) is 5.56 Å². The van der Waals surface area contributed by atoms with Crippen molar-refractivity contribution in [3.05, 3.63) is 35.9 Å². The highest BCUT2D eigenvalue weighted by Gasteiger charge is 2.04. The minimum atomic E-state index is -0.0822. The Labute approximate surface area is 71.8 Å². The molecule has 0 saturated carbocycles. The molecule has 1 aromatic rings. The molecule has 0 atom stereocenters. The third-order valence-electron chi connectivity index (χ3n) is 1.59. The van der Waals surface area contributed by atoms with Gasteiger partial charge in [0, 0.05) is 7.05 Å². The van der Waals surface area contributed by atoms with Gasteiger partial charge < -0.3 is 0 Å². The van der Waals surface area contributed by atoms with Crippen molar-refractivity contribution in [1.29, 1.82) is 0 Å². The average Bonchev–Trinajstić information content (AvgIpc) is 2.06. The molecule has 1 amide bonds. The molecule has 2 N–H and O–H groups in total. The SMILES string of the molecule is CN(N)C(=O)Cc1ccccc1. The van der Waals surface area contributed by atoms with Gasteiger partial charge in [0.25, 0.3) is 0 Å². The second kappa shape index (κ2) is 3.88. The fourth-order valence-electron chi connectivity index (χ4n) is 0.895. The van der Waals surface area contributed by atoms with Gasteiger partial charge in [-0.15, -0.1) is 0 Å². The Morgan fingerprint density at radius 3 is 2.50 bits per heavy atom. The first kappa shape index (κ1) is 8.74. The van der Waals surface area contributed by atoms with Crippen LogP contribution >= 0.6 is 0 Å². The second-order valence-corrected chi connectivity index (χ2v) is 2.67. The van der Waals surface area contributed by atoms with Gasteiger partial charge in [0.2, 0.25) is 5.91 Å². The normalized spacial score (nSPS) is 9.50. The van der Waals surface area contributed by atoms with Gasteiger partial charge in [-0.3, -0.25) is 9.80 Å². The molecular formula is C9H12N2O. The van der Waals surface area contributed by atoms with Crippen molar-refractivity contribution >= 4 is 5.91 Å². The van der Waals surface area contributed by atoms with Crippen LogP contribution in [0.3, 0.4) is 0 Å². The van der Waals surface area contributed by atoms with Crippen molar-refractivity contribution in [1.82, 2.24) is 5.01 Å². The lowest BCUT2D eigenvalue weighted by molar-refractivity contribution is -0.129. The topological polar surface area (TPSA) is 46.3 Å². The van der Waals surface area contributed by atoms with Gasteiger partial charge in [-0.1, -0.05) is 30.3 Å². The van der Waals surface area contributed by atoms with E-state index in [4.69, 9.17) is 5.84 Å². The molecule has 0 spiro atoms. The van der Waals surface area contributed by atoms with Crippen LogP contribution in [0.15, 0.2) is 30.3 Å². The molecule has 64 valence electrons. The van der Waals surface area contributed by atoms with E-state index in [-0.39, 0.29) is 5.91 Å². The van der Waals surface area contributed by atoms with Crippen molar-refractivity contribution in [3.63, 3.8) is 0 Å². The maximum absolute atomic E-state index is 11.1. The van der Waals surface area contributed by atoms with E-state index in [0.717, 1.165) is 10.6 Å². The fraction of sp³-hybridized carbons (Fsp3) is 0.222. The van der Waals surface area contributed by atoms with E-state index in [9.17, 15) is 4.79 Å². The van der Waals surface area contributed by atoms with Gasteiger partial charge in [0.05, 0.1) is 6.42 Å². The summed E-state index contributed by atoms with van der Waals surface area (Å²) in [6.45, 7) is 0. The molecule has 0 aromatic heterocycles. The number of rotatable bonds is 2. The molecule has 3 heteroatoms. The first-order valence-electron chi connectivity index (χ1n) is 3.75. The van der Waals surface area contributed by atoms with Crippen LogP contribution in [-0.2, 0) is 11.2 Å². The molecule has 0 aliphatic rings. The maximum atomic E-state index is 11.1. The van der Waals surface area contributed by atoms with Crippen LogP contribution in [0.25, 0.3) is 0 Å². The molecule has 3 nitrogen and oxygen atoms in total. The second-order valence-electron chi connectivity index (χ2n) is 2.67. The Bertz CT molecular complexity index is 256. The Kier molecular flexibility index (Phi) is 2.82. The zero-order chi connectivity index (χ0) is 8.97. The van der Waals surface area contributed by atoms with Gasteiger partial charge in [0.15, 0.2) is 0 Å². The molecule has 1 aromatic carbocycles. The number of hydrogen-bond acceptors (Lipinski definition) is 2. The van der Waals surface area contributed by atoms with E-state index in [1.807, 2.05) is 30.3 Å². The number of hydrazine groups is 1. The van der Waals surface area contributed by atoms with Crippen molar-refractivity contribution in [2.45, 2.75) is 6.42 Å². The molecule has 12 heavy (non-hydrogen) atoms. The number of carbonyl (C=O) groups excluding carboxylic acids is 1. The smallest absolute Gasteiger partial charge is 0.240 e. The average molecular weight is 164 g/mol. The summed E-state index contributed by atoms with van der Waals surface area (Å²) >= 11 is 0. The summed E-state index contributed by atoms with van der Waals surface area (Å²) in [5, 5.41) is 1.10. The van der Waals surface area contributed by atoms with Crippen molar-refractivity contribution in [2.75, 3.05) is 7.05 Å². The summed E-state index contributed by atoms with van der Waals surface area (Å²) in [5.74, 6) is 5.19. The maximum Gasteiger partial charge on any atom is 0.240 e. The molecule has 0 fully saturated rings. The van der Waals surface area contributed by atoms with Gasteiger partial charge in [-0.2, -0.15) is 0 Å². The molecule has 0 saturated heterocycles. The van der Waals surface area contributed by atoms with Crippen molar-refractivity contribution in [3.8, 4) is 0 Å². The van der Waals surface area contributed by atoms with Crippen LogP contribution < -0.4 is 5.84 Å². The lowest BCUT2D eigenvalue weighted by Crippen LogP contribution is -2.34. The van der Waals surface area contributed by atoms with Gasteiger partial charge in [-0.25, -0.2) is 5.84 Å². The number of amides is 1.